The summed E-state index contributed by atoms with van der Waals surface area (Å²) in [4.78, 5) is 22.8. The highest BCUT2D eigenvalue weighted by atomic mass is 32.2. The second kappa shape index (κ2) is 13.0. The third-order valence-corrected chi connectivity index (χ3v) is 9.72. The van der Waals surface area contributed by atoms with Crippen molar-refractivity contribution in [1.29, 1.82) is 0 Å². The van der Waals surface area contributed by atoms with E-state index in [9.17, 15) is 13.2 Å². The SMILES string of the molecule is C=CCN(CC=C)S(=O)(=O)c1ccc(C(=O)N(CCCN2CCOCC2)c2nc3cc(C)c(C)cc3s2)cc1. The molecule has 0 aliphatic carbocycles. The van der Waals surface area contributed by atoms with E-state index < -0.39 is 10.0 Å². The number of carbonyl (C=O) groups excluding carboxylic acids is 1. The summed E-state index contributed by atoms with van der Waals surface area (Å²) in [5.41, 5.74) is 3.62. The zero-order chi connectivity index (χ0) is 28.0. The van der Waals surface area contributed by atoms with E-state index in [-0.39, 0.29) is 23.9 Å². The van der Waals surface area contributed by atoms with Crippen molar-refractivity contribution < 1.29 is 17.9 Å². The summed E-state index contributed by atoms with van der Waals surface area (Å²) in [6.45, 7) is 16.4. The lowest BCUT2D eigenvalue weighted by Crippen LogP contribution is -2.39. The van der Waals surface area contributed by atoms with E-state index in [1.54, 1.807) is 17.0 Å². The number of amides is 1. The first-order valence-corrected chi connectivity index (χ1v) is 15.3. The molecule has 3 aromatic rings. The smallest absolute Gasteiger partial charge is 0.260 e. The Morgan fingerprint density at radius 1 is 1.08 bits per heavy atom. The van der Waals surface area contributed by atoms with Crippen LogP contribution < -0.4 is 4.90 Å². The second-order valence-corrected chi connectivity index (χ2v) is 12.5. The van der Waals surface area contributed by atoms with Gasteiger partial charge in [-0.15, -0.1) is 13.2 Å². The van der Waals surface area contributed by atoms with Crippen LogP contribution in [0.5, 0.6) is 0 Å². The number of rotatable bonds is 12. The first-order chi connectivity index (χ1) is 18.7. The van der Waals surface area contributed by atoms with Gasteiger partial charge in [0, 0.05) is 44.8 Å². The van der Waals surface area contributed by atoms with Gasteiger partial charge in [0.25, 0.3) is 5.91 Å². The summed E-state index contributed by atoms with van der Waals surface area (Å²) in [6.07, 6.45) is 3.85. The number of ether oxygens (including phenoxy) is 1. The normalized spacial score (nSPS) is 14.5. The maximum absolute atomic E-state index is 13.8. The molecule has 10 heteroatoms. The molecule has 1 aliphatic heterocycles. The predicted molar refractivity (Wildman–Crippen MR) is 158 cm³/mol. The van der Waals surface area contributed by atoms with Gasteiger partial charge < -0.3 is 4.74 Å². The van der Waals surface area contributed by atoms with Gasteiger partial charge in [-0.1, -0.05) is 23.5 Å². The molecule has 0 unspecified atom stereocenters. The van der Waals surface area contributed by atoms with E-state index in [2.05, 4.69) is 44.0 Å². The van der Waals surface area contributed by atoms with Crippen molar-refractivity contribution in [2.45, 2.75) is 25.2 Å². The molecule has 4 rings (SSSR count). The minimum Gasteiger partial charge on any atom is -0.379 e. The van der Waals surface area contributed by atoms with Crippen molar-refractivity contribution in [3.8, 4) is 0 Å². The number of carbonyl (C=O) groups is 1. The molecule has 0 saturated carbocycles. The molecule has 0 bridgehead atoms. The molecule has 1 saturated heterocycles. The van der Waals surface area contributed by atoms with Crippen LogP contribution in [0.3, 0.4) is 0 Å². The molecule has 2 aromatic carbocycles. The topological polar surface area (TPSA) is 83.1 Å². The molecule has 8 nitrogen and oxygen atoms in total. The number of nitrogens with zero attached hydrogens (tertiary/aromatic N) is 4. The Bertz CT molecular complexity index is 1380. The number of morpholine rings is 1. The third-order valence-electron chi connectivity index (χ3n) is 6.83. The third kappa shape index (κ3) is 6.82. The van der Waals surface area contributed by atoms with Gasteiger partial charge in [-0.05, 0) is 67.8 Å². The lowest BCUT2D eigenvalue weighted by molar-refractivity contribution is 0.0376. The van der Waals surface area contributed by atoms with Crippen LogP contribution in [0.1, 0.15) is 27.9 Å². The zero-order valence-corrected chi connectivity index (χ0v) is 24.3. The monoisotopic (exact) mass is 568 g/mol. The first-order valence-electron chi connectivity index (χ1n) is 13.1. The van der Waals surface area contributed by atoms with Gasteiger partial charge in [0.05, 0.1) is 28.3 Å². The van der Waals surface area contributed by atoms with Gasteiger partial charge in [0.15, 0.2) is 5.13 Å². The van der Waals surface area contributed by atoms with Crippen LogP contribution in [-0.4, -0.2) is 81.0 Å². The van der Waals surface area contributed by atoms with E-state index in [0.29, 0.717) is 17.2 Å². The Morgan fingerprint density at radius 2 is 1.72 bits per heavy atom. The number of aromatic nitrogens is 1. The van der Waals surface area contributed by atoms with Gasteiger partial charge in [-0.2, -0.15) is 4.31 Å². The zero-order valence-electron chi connectivity index (χ0n) is 22.6. The van der Waals surface area contributed by atoms with Crippen LogP contribution >= 0.6 is 11.3 Å². The van der Waals surface area contributed by atoms with Gasteiger partial charge in [-0.25, -0.2) is 13.4 Å². The molecule has 2 heterocycles. The lowest BCUT2D eigenvalue weighted by atomic mass is 10.1. The Hall–Kier alpha value is -2.89. The number of fused-ring (bicyclic) bond motifs is 1. The Kier molecular flexibility index (Phi) is 9.68. The Balaban J connectivity index is 1.60. The van der Waals surface area contributed by atoms with E-state index in [4.69, 9.17) is 9.72 Å². The quantitative estimate of drug-likeness (QED) is 0.296. The highest BCUT2D eigenvalue weighted by Crippen LogP contribution is 2.32. The molecule has 0 spiro atoms. The highest BCUT2D eigenvalue weighted by molar-refractivity contribution is 7.89. The fourth-order valence-corrected chi connectivity index (χ4v) is 6.93. The van der Waals surface area contributed by atoms with E-state index in [1.165, 1.54) is 45.5 Å². The molecular weight excluding hydrogens is 532 g/mol. The molecule has 208 valence electrons. The summed E-state index contributed by atoms with van der Waals surface area (Å²) >= 11 is 1.50. The van der Waals surface area contributed by atoms with Crippen molar-refractivity contribution in [1.82, 2.24) is 14.2 Å². The molecule has 0 N–H and O–H groups in total. The second-order valence-electron chi connectivity index (χ2n) is 9.59. The largest absolute Gasteiger partial charge is 0.379 e. The fraction of sp³-hybridized carbons (Fsp3) is 0.379. The van der Waals surface area contributed by atoms with E-state index >= 15 is 0 Å². The van der Waals surface area contributed by atoms with E-state index in [0.717, 1.165) is 55.0 Å². The molecule has 0 atom stereocenters. The number of hydrogen-bond acceptors (Lipinski definition) is 7. The molecule has 39 heavy (non-hydrogen) atoms. The standard InChI is InChI=1S/C29H36N4O4S2/c1-5-12-32(13-6-2)39(35,36)25-10-8-24(9-11-25)28(34)33(15-7-14-31-16-18-37-19-17-31)29-30-26-20-22(3)23(4)21-27(26)38-29/h5-6,8-11,20-21H,1-2,7,12-19H2,3-4H3. The minimum atomic E-state index is -3.75. The van der Waals surface area contributed by atoms with Crippen molar-refractivity contribution >= 4 is 42.6 Å². The van der Waals surface area contributed by atoms with Crippen molar-refractivity contribution in [2.24, 2.45) is 0 Å². The fourth-order valence-electron chi connectivity index (χ4n) is 4.48. The summed E-state index contributed by atoms with van der Waals surface area (Å²) in [6, 6.07) is 10.3. The maximum Gasteiger partial charge on any atom is 0.260 e. The minimum absolute atomic E-state index is 0.118. The van der Waals surface area contributed by atoms with Crippen LogP contribution in [-0.2, 0) is 14.8 Å². The van der Waals surface area contributed by atoms with Crippen LogP contribution in [0.4, 0.5) is 5.13 Å². The number of aryl methyl sites for hydroxylation is 2. The molecule has 1 fully saturated rings. The maximum atomic E-state index is 13.8. The number of benzene rings is 2. The highest BCUT2D eigenvalue weighted by Gasteiger charge is 2.25. The van der Waals surface area contributed by atoms with Gasteiger partial charge in [0.2, 0.25) is 10.0 Å². The molecule has 1 aliphatic rings. The van der Waals surface area contributed by atoms with Crippen molar-refractivity contribution in [3.63, 3.8) is 0 Å². The molecule has 1 aromatic heterocycles. The number of anilines is 1. The predicted octanol–water partition coefficient (Wildman–Crippen LogP) is 4.64. The van der Waals surface area contributed by atoms with Crippen LogP contribution in [0.2, 0.25) is 0 Å². The average molecular weight is 569 g/mol. The molecule has 0 radical (unpaired) electrons. The molecule has 1 amide bonds. The van der Waals surface area contributed by atoms with Crippen LogP contribution in [0.25, 0.3) is 10.2 Å². The summed E-state index contributed by atoms with van der Waals surface area (Å²) in [5.74, 6) is -0.206. The van der Waals surface area contributed by atoms with Crippen LogP contribution in [0, 0.1) is 13.8 Å². The molecular formula is C29H36N4O4S2. The van der Waals surface area contributed by atoms with Gasteiger partial charge in [0.1, 0.15) is 0 Å². The van der Waals surface area contributed by atoms with Crippen molar-refractivity contribution in [2.75, 3.05) is 57.4 Å². The van der Waals surface area contributed by atoms with E-state index in [1.807, 2.05) is 0 Å². The lowest BCUT2D eigenvalue weighted by Gasteiger charge is -2.27. The summed E-state index contributed by atoms with van der Waals surface area (Å²) in [7, 11) is -3.75. The Morgan fingerprint density at radius 3 is 2.36 bits per heavy atom. The number of thiazole rings is 1. The van der Waals surface area contributed by atoms with Crippen molar-refractivity contribution in [3.05, 3.63) is 78.4 Å². The number of hydrogen-bond donors (Lipinski definition) is 0. The number of sulfonamides is 1. The summed E-state index contributed by atoms with van der Waals surface area (Å²) < 4.78 is 34.0. The van der Waals surface area contributed by atoms with Crippen LogP contribution in [0.15, 0.2) is 66.6 Å². The average Bonchev–Trinajstić information content (AvgIpc) is 3.33. The first kappa shape index (κ1) is 29.1. The summed E-state index contributed by atoms with van der Waals surface area (Å²) in [5, 5.41) is 0.641. The Labute approximate surface area is 235 Å². The van der Waals surface area contributed by atoms with Gasteiger partial charge in [-0.3, -0.25) is 14.6 Å². The van der Waals surface area contributed by atoms with Gasteiger partial charge >= 0.3 is 0 Å².